The van der Waals surface area contributed by atoms with E-state index in [4.69, 9.17) is 9.39 Å². The Kier molecular flexibility index (Phi) is 5.37. The average molecular weight is 587 g/mol. The summed E-state index contributed by atoms with van der Waals surface area (Å²) in [5.41, 5.74) is 12.6. The number of nitrogens with zero attached hydrogens (tertiary/aromatic N) is 1. The first kappa shape index (κ1) is 25.3. The lowest BCUT2D eigenvalue weighted by molar-refractivity contribution is 0.479. The molecule has 2 aliphatic rings. The van der Waals surface area contributed by atoms with Crippen LogP contribution in [-0.4, -0.2) is 11.5 Å². The van der Waals surface area contributed by atoms with E-state index in [1.54, 1.807) is 0 Å². The molecule has 3 heterocycles. The van der Waals surface area contributed by atoms with Crippen molar-refractivity contribution in [1.82, 2.24) is 4.57 Å². The molecule has 214 valence electrons. The minimum atomic E-state index is -0.280. The Bertz CT molecular complexity index is 2440. The first-order chi connectivity index (χ1) is 22.8. The van der Waals surface area contributed by atoms with Gasteiger partial charge in [0, 0.05) is 32.9 Å². The van der Waals surface area contributed by atoms with Crippen molar-refractivity contribution in [3.8, 4) is 56.3 Å². The Morgan fingerprint density at radius 2 is 1.09 bits per heavy atom. The molecule has 0 amide bonds. The number of para-hydroxylation sites is 2. The summed E-state index contributed by atoms with van der Waals surface area (Å²) >= 11 is 0. The minimum absolute atomic E-state index is 0.280. The van der Waals surface area contributed by atoms with Crippen LogP contribution in [0.4, 0.5) is 0 Å². The summed E-state index contributed by atoms with van der Waals surface area (Å²) in [6.45, 7) is -0.280. The van der Waals surface area contributed by atoms with Crippen molar-refractivity contribution >= 4 is 39.6 Å². The van der Waals surface area contributed by atoms with E-state index < -0.39 is 0 Å². The Hall–Kier alpha value is -6.00. The highest BCUT2D eigenvalue weighted by Crippen LogP contribution is 2.43. The molecule has 0 spiro atoms. The maximum absolute atomic E-state index is 6.93. The molecular formula is C42H26BNO2. The molecule has 0 radical (unpaired) electrons. The van der Waals surface area contributed by atoms with E-state index in [2.05, 4.69) is 162 Å². The maximum Gasteiger partial charge on any atom is 0.434 e. The molecule has 0 saturated heterocycles. The lowest BCUT2D eigenvalue weighted by Gasteiger charge is -2.33. The maximum atomic E-state index is 6.93. The third-order valence-corrected chi connectivity index (χ3v) is 9.50. The van der Waals surface area contributed by atoms with Crippen LogP contribution in [0.1, 0.15) is 0 Å². The van der Waals surface area contributed by atoms with Crippen molar-refractivity contribution < 1.29 is 9.39 Å². The Morgan fingerprint density at radius 3 is 1.87 bits per heavy atom. The first-order valence-corrected chi connectivity index (χ1v) is 15.7. The summed E-state index contributed by atoms with van der Waals surface area (Å²) in [4.78, 5) is 0. The highest BCUT2D eigenvalue weighted by atomic mass is 16.5. The lowest BCUT2D eigenvalue weighted by Crippen LogP contribution is -2.53. The zero-order valence-electron chi connectivity index (χ0n) is 24.9. The molecule has 0 aliphatic carbocycles. The molecule has 46 heavy (non-hydrogen) atoms. The third kappa shape index (κ3) is 3.67. The topological polar surface area (TPSA) is 23.4 Å². The van der Waals surface area contributed by atoms with E-state index in [0.29, 0.717) is 0 Å². The quantitative estimate of drug-likeness (QED) is 0.192. The predicted molar refractivity (Wildman–Crippen MR) is 189 cm³/mol. The molecule has 10 rings (SSSR count). The number of hydrogen-bond acceptors (Lipinski definition) is 2. The summed E-state index contributed by atoms with van der Waals surface area (Å²) < 4.78 is 15.9. The zero-order valence-corrected chi connectivity index (χ0v) is 24.9. The van der Waals surface area contributed by atoms with Gasteiger partial charge in [0.15, 0.2) is 0 Å². The van der Waals surface area contributed by atoms with Gasteiger partial charge in [-0.15, -0.1) is 0 Å². The molecule has 0 atom stereocenters. The first-order valence-electron chi connectivity index (χ1n) is 15.7. The van der Waals surface area contributed by atoms with Crippen molar-refractivity contribution in [2.75, 3.05) is 0 Å². The molecule has 4 heteroatoms. The molecule has 0 unspecified atom stereocenters. The molecule has 7 aromatic carbocycles. The molecule has 0 fully saturated rings. The van der Waals surface area contributed by atoms with Crippen LogP contribution < -0.4 is 20.3 Å². The summed E-state index contributed by atoms with van der Waals surface area (Å²) in [5, 5.41) is 2.49. The van der Waals surface area contributed by atoms with Crippen molar-refractivity contribution in [2.45, 2.75) is 0 Å². The van der Waals surface area contributed by atoms with Crippen molar-refractivity contribution in [2.24, 2.45) is 0 Å². The molecular weight excluding hydrogens is 561 g/mol. The molecule has 8 aromatic rings. The van der Waals surface area contributed by atoms with Gasteiger partial charge in [0.2, 0.25) is 0 Å². The van der Waals surface area contributed by atoms with Gasteiger partial charge in [0.25, 0.3) is 0 Å². The fourth-order valence-electron chi connectivity index (χ4n) is 7.45. The number of rotatable bonds is 3. The number of ether oxygens (including phenoxy) is 1. The SMILES string of the molecule is c1ccc(-c2ccccc2-c2ccc3c(c2)-c2cccc4c2B(O3)c2cc(-n3c5ccccc5c5ccccc53)ccc2O4)cc1. The van der Waals surface area contributed by atoms with Gasteiger partial charge in [0.1, 0.15) is 17.2 Å². The second kappa shape index (κ2) is 9.75. The average Bonchev–Trinajstić information content (AvgIpc) is 3.46. The van der Waals surface area contributed by atoms with E-state index in [1.165, 1.54) is 38.5 Å². The molecule has 1 aromatic heterocycles. The van der Waals surface area contributed by atoms with Gasteiger partial charge in [0.05, 0.1) is 11.0 Å². The van der Waals surface area contributed by atoms with Gasteiger partial charge in [-0.3, -0.25) is 0 Å². The molecule has 0 N–H and O–H groups in total. The van der Waals surface area contributed by atoms with Crippen LogP contribution in [-0.2, 0) is 0 Å². The van der Waals surface area contributed by atoms with E-state index in [-0.39, 0.29) is 6.92 Å². The molecule has 0 saturated carbocycles. The van der Waals surface area contributed by atoms with Crippen LogP contribution in [0.3, 0.4) is 0 Å². The second-order valence-electron chi connectivity index (χ2n) is 12.0. The molecule has 2 aliphatic heterocycles. The van der Waals surface area contributed by atoms with Crippen LogP contribution >= 0.6 is 0 Å². The fraction of sp³-hybridized carbons (Fsp3) is 0. The van der Waals surface area contributed by atoms with Crippen LogP contribution in [0.15, 0.2) is 158 Å². The van der Waals surface area contributed by atoms with Crippen LogP contribution in [0.25, 0.3) is 60.9 Å². The summed E-state index contributed by atoms with van der Waals surface area (Å²) in [7, 11) is 0. The van der Waals surface area contributed by atoms with Crippen molar-refractivity contribution in [3.63, 3.8) is 0 Å². The van der Waals surface area contributed by atoms with Crippen molar-refractivity contribution in [1.29, 1.82) is 0 Å². The van der Waals surface area contributed by atoms with Gasteiger partial charge in [-0.25, -0.2) is 0 Å². The normalized spacial score (nSPS) is 12.7. The monoisotopic (exact) mass is 587 g/mol. The lowest BCUT2D eigenvalue weighted by atomic mass is 9.51. The highest BCUT2D eigenvalue weighted by Gasteiger charge is 2.41. The Morgan fingerprint density at radius 1 is 0.435 bits per heavy atom. The molecule has 3 nitrogen and oxygen atoms in total. The zero-order chi connectivity index (χ0) is 30.2. The van der Waals surface area contributed by atoms with E-state index in [1.807, 2.05) is 0 Å². The highest BCUT2D eigenvalue weighted by molar-refractivity contribution is 6.84. The number of aromatic nitrogens is 1. The van der Waals surface area contributed by atoms with Gasteiger partial charge in [-0.1, -0.05) is 109 Å². The second-order valence-corrected chi connectivity index (χ2v) is 12.0. The van der Waals surface area contributed by atoms with Gasteiger partial charge in [-0.05, 0) is 76.3 Å². The smallest absolute Gasteiger partial charge is 0.434 e. The Balaban J connectivity index is 1.12. The molecule has 0 bridgehead atoms. The van der Waals surface area contributed by atoms with Crippen LogP contribution in [0.5, 0.6) is 17.2 Å². The number of fused-ring (bicyclic) bond motifs is 7. The summed E-state index contributed by atoms with van der Waals surface area (Å²) in [6.07, 6.45) is 0. The van der Waals surface area contributed by atoms with Crippen LogP contribution in [0, 0.1) is 0 Å². The third-order valence-electron chi connectivity index (χ3n) is 9.50. The van der Waals surface area contributed by atoms with Gasteiger partial charge in [-0.2, -0.15) is 0 Å². The Labute approximate surface area is 267 Å². The van der Waals surface area contributed by atoms with E-state index in [9.17, 15) is 0 Å². The van der Waals surface area contributed by atoms with E-state index in [0.717, 1.165) is 50.6 Å². The van der Waals surface area contributed by atoms with E-state index >= 15 is 0 Å². The largest absolute Gasteiger partial charge is 0.551 e. The van der Waals surface area contributed by atoms with Crippen LogP contribution in [0.2, 0.25) is 0 Å². The van der Waals surface area contributed by atoms with Gasteiger partial charge >= 0.3 is 6.92 Å². The summed E-state index contributed by atoms with van der Waals surface area (Å²) in [6, 6.07) is 55.8. The van der Waals surface area contributed by atoms with Crippen molar-refractivity contribution in [3.05, 3.63) is 158 Å². The predicted octanol–water partition coefficient (Wildman–Crippen LogP) is 9.39. The fourth-order valence-corrected chi connectivity index (χ4v) is 7.45. The van der Waals surface area contributed by atoms with Gasteiger partial charge < -0.3 is 14.0 Å². The summed E-state index contributed by atoms with van der Waals surface area (Å²) in [5.74, 6) is 2.56. The number of benzene rings is 7. The minimum Gasteiger partial charge on any atom is -0.551 e. The number of hydrogen-bond donors (Lipinski definition) is 0. The standard InChI is InChI=1S/C42H26BNO2/c1-2-11-27(12-3-1)30-13-4-5-14-31(30)28-21-23-39-35(25-28)34-17-10-20-41-42(34)43(46-39)36-26-29(22-24-40(36)45-41)44-37-18-8-6-15-32(37)33-16-7-9-19-38(33)44/h1-26H.